The van der Waals surface area contributed by atoms with E-state index < -0.39 is 29.5 Å². The van der Waals surface area contributed by atoms with E-state index in [2.05, 4.69) is 20.1 Å². The molecule has 8 heteroatoms. The van der Waals surface area contributed by atoms with Crippen molar-refractivity contribution in [3.05, 3.63) is 25.3 Å². The molecule has 0 aromatic carbocycles. The number of nitrogens with zero attached hydrogens (tertiary/aromatic N) is 3. The fraction of sp³-hybridized carbons (Fsp3) is 0.741. The summed E-state index contributed by atoms with van der Waals surface area (Å²) in [6, 6.07) is -1.38. The van der Waals surface area contributed by atoms with E-state index in [-0.39, 0.29) is 36.4 Å². The third kappa shape index (κ3) is 4.79. The zero-order chi connectivity index (χ0) is 25.9. The molecule has 0 aliphatic carbocycles. The van der Waals surface area contributed by atoms with Gasteiger partial charge < -0.3 is 24.5 Å². The average Bonchev–Trinajstić information content (AvgIpc) is 3.46. The van der Waals surface area contributed by atoms with Crippen LogP contribution in [0.2, 0.25) is 0 Å². The minimum absolute atomic E-state index is 0.152. The number of ether oxygens (including phenoxy) is 1. The lowest BCUT2D eigenvalue weighted by Crippen LogP contribution is -2.59. The summed E-state index contributed by atoms with van der Waals surface area (Å²) in [5.41, 5.74) is -1.05. The summed E-state index contributed by atoms with van der Waals surface area (Å²) >= 11 is 0. The van der Waals surface area contributed by atoms with Crippen molar-refractivity contribution in [2.24, 2.45) is 17.8 Å². The molecule has 35 heavy (non-hydrogen) atoms. The number of aliphatic hydroxyl groups excluding tert-OH is 1. The first-order chi connectivity index (χ1) is 16.7. The lowest BCUT2D eigenvalue weighted by molar-refractivity contribution is -0.152. The number of hydrogen-bond donors (Lipinski definition) is 1. The van der Waals surface area contributed by atoms with Gasteiger partial charge in [0.1, 0.15) is 11.6 Å². The standard InChI is InChI=1S/C27H43N3O5/c1-7-10-15-29(14-9-3)26(34)23-27-12-11-20(35-27)21(24(32)28(6)13-8-2)22(27)25(33)30(23)19(17-31)16-18(4)5/h8-9,18-23,31H,2-3,7,10-17H2,1,4-6H3/t19-,20+,21-,22+,23?,27?/m1/s1. The first-order valence-electron chi connectivity index (χ1n) is 13.0. The monoisotopic (exact) mass is 489 g/mol. The van der Waals surface area contributed by atoms with Crippen LogP contribution in [0.5, 0.6) is 0 Å². The van der Waals surface area contributed by atoms with Crippen molar-refractivity contribution in [3.63, 3.8) is 0 Å². The van der Waals surface area contributed by atoms with Crippen molar-refractivity contribution in [1.29, 1.82) is 0 Å². The zero-order valence-corrected chi connectivity index (χ0v) is 21.8. The van der Waals surface area contributed by atoms with Crippen LogP contribution in [0, 0.1) is 17.8 Å². The fourth-order valence-electron chi connectivity index (χ4n) is 6.37. The Hall–Kier alpha value is -2.19. The summed E-state index contributed by atoms with van der Waals surface area (Å²) in [6.45, 7) is 14.7. The van der Waals surface area contributed by atoms with E-state index in [0.29, 0.717) is 38.9 Å². The van der Waals surface area contributed by atoms with Gasteiger partial charge in [-0.3, -0.25) is 14.4 Å². The number of carbonyl (C=O) groups is 3. The molecular formula is C27H43N3O5. The smallest absolute Gasteiger partial charge is 0.248 e. The van der Waals surface area contributed by atoms with Crippen LogP contribution in [0.1, 0.15) is 52.9 Å². The molecule has 3 amide bonds. The maximum absolute atomic E-state index is 14.2. The van der Waals surface area contributed by atoms with Gasteiger partial charge in [-0.05, 0) is 31.6 Å². The van der Waals surface area contributed by atoms with Crippen molar-refractivity contribution < 1.29 is 24.2 Å². The van der Waals surface area contributed by atoms with Crippen LogP contribution in [0.25, 0.3) is 0 Å². The fourth-order valence-corrected chi connectivity index (χ4v) is 6.37. The van der Waals surface area contributed by atoms with E-state index in [1.165, 1.54) is 0 Å². The number of rotatable bonds is 13. The summed E-state index contributed by atoms with van der Waals surface area (Å²) in [5, 5.41) is 10.3. The Morgan fingerprint density at radius 1 is 1.26 bits per heavy atom. The summed E-state index contributed by atoms with van der Waals surface area (Å²) in [6.07, 6.45) is 6.47. The number of likely N-dealkylation sites (tertiary alicyclic amines) is 1. The van der Waals surface area contributed by atoms with E-state index in [1.54, 1.807) is 33.9 Å². The van der Waals surface area contributed by atoms with Crippen LogP contribution in [0.15, 0.2) is 25.3 Å². The largest absolute Gasteiger partial charge is 0.394 e. The molecule has 3 saturated heterocycles. The predicted octanol–water partition coefficient (Wildman–Crippen LogP) is 2.23. The molecule has 3 fully saturated rings. The second-order valence-electron chi connectivity index (χ2n) is 10.7. The molecule has 1 spiro atoms. The average molecular weight is 490 g/mol. The Morgan fingerprint density at radius 2 is 1.94 bits per heavy atom. The summed E-state index contributed by atoms with van der Waals surface area (Å²) in [5.74, 6) is -1.72. The number of fused-ring (bicyclic) bond motifs is 1. The van der Waals surface area contributed by atoms with Gasteiger partial charge in [0, 0.05) is 26.7 Å². The molecule has 3 aliphatic heterocycles. The molecule has 1 N–H and O–H groups in total. The molecule has 0 saturated carbocycles. The van der Waals surface area contributed by atoms with Gasteiger partial charge in [-0.2, -0.15) is 0 Å². The Labute approximate surface area is 210 Å². The molecule has 2 bridgehead atoms. The van der Waals surface area contributed by atoms with Crippen molar-refractivity contribution in [2.45, 2.75) is 76.7 Å². The highest BCUT2D eigenvalue weighted by Gasteiger charge is 2.75. The summed E-state index contributed by atoms with van der Waals surface area (Å²) in [4.78, 5) is 46.6. The number of aliphatic hydroxyl groups is 1. The Balaban J connectivity index is 2.07. The number of amides is 3. The molecule has 3 heterocycles. The van der Waals surface area contributed by atoms with Crippen LogP contribution < -0.4 is 0 Å². The molecule has 3 aliphatic rings. The van der Waals surface area contributed by atoms with Crippen LogP contribution in [0.3, 0.4) is 0 Å². The van der Waals surface area contributed by atoms with E-state index in [4.69, 9.17) is 4.74 Å². The van der Waals surface area contributed by atoms with Crippen LogP contribution in [-0.4, -0.2) is 94.6 Å². The first-order valence-corrected chi connectivity index (χ1v) is 13.0. The second-order valence-corrected chi connectivity index (χ2v) is 10.7. The highest BCUT2D eigenvalue weighted by Crippen LogP contribution is 2.59. The second kappa shape index (κ2) is 11.2. The predicted molar refractivity (Wildman–Crippen MR) is 134 cm³/mol. The van der Waals surface area contributed by atoms with Gasteiger partial charge in [-0.25, -0.2) is 0 Å². The van der Waals surface area contributed by atoms with Gasteiger partial charge in [-0.15, -0.1) is 13.2 Å². The normalized spacial score (nSPS) is 29.9. The third-order valence-corrected chi connectivity index (χ3v) is 7.83. The van der Waals surface area contributed by atoms with Gasteiger partial charge in [0.2, 0.25) is 17.7 Å². The van der Waals surface area contributed by atoms with E-state index in [1.807, 2.05) is 13.8 Å². The zero-order valence-electron chi connectivity index (χ0n) is 21.8. The number of likely N-dealkylation sites (N-methyl/N-ethyl adjacent to an activating group) is 1. The molecular weight excluding hydrogens is 446 g/mol. The van der Waals surface area contributed by atoms with Crippen LogP contribution in [0.4, 0.5) is 0 Å². The molecule has 0 radical (unpaired) electrons. The van der Waals surface area contributed by atoms with Gasteiger partial charge in [0.15, 0.2) is 0 Å². The highest BCUT2D eigenvalue weighted by molar-refractivity contribution is 5.99. The molecule has 2 unspecified atom stereocenters. The molecule has 196 valence electrons. The lowest BCUT2D eigenvalue weighted by Gasteiger charge is -2.39. The topological polar surface area (TPSA) is 90.4 Å². The Bertz CT molecular complexity index is 830. The minimum atomic E-state index is -1.05. The maximum atomic E-state index is 14.2. The van der Waals surface area contributed by atoms with Crippen molar-refractivity contribution in [1.82, 2.24) is 14.7 Å². The molecule has 0 aromatic heterocycles. The van der Waals surface area contributed by atoms with Crippen LogP contribution >= 0.6 is 0 Å². The Morgan fingerprint density at radius 3 is 2.51 bits per heavy atom. The quantitative estimate of drug-likeness (QED) is 0.401. The van der Waals surface area contributed by atoms with Crippen molar-refractivity contribution in [2.75, 3.05) is 33.3 Å². The number of unbranched alkanes of at least 4 members (excludes halogenated alkanes) is 1. The molecule has 3 rings (SSSR count). The molecule has 6 atom stereocenters. The van der Waals surface area contributed by atoms with E-state index in [9.17, 15) is 19.5 Å². The van der Waals surface area contributed by atoms with Crippen molar-refractivity contribution in [3.8, 4) is 0 Å². The lowest BCUT2D eigenvalue weighted by atomic mass is 9.70. The molecule has 8 nitrogen and oxygen atoms in total. The number of carbonyl (C=O) groups excluding carboxylic acids is 3. The Kier molecular flexibility index (Phi) is 8.81. The van der Waals surface area contributed by atoms with Gasteiger partial charge in [-0.1, -0.05) is 39.3 Å². The first kappa shape index (κ1) is 27.4. The SMILES string of the molecule is C=CCN(C)C(=O)[C@@H]1[C@@H]2CCC3(O2)C(C(=O)N(CC=C)CCCC)N([C@@H](CO)CC(C)C)C(=O)[C@H]13. The van der Waals surface area contributed by atoms with E-state index >= 15 is 0 Å². The summed E-state index contributed by atoms with van der Waals surface area (Å²) < 4.78 is 6.52. The maximum Gasteiger partial charge on any atom is 0.248 e. The minimum Gasteiger partial charge on any atom is -0.394 e. The number of hydrogen-bond acceptors (Lipinski definition) is 5. The molecule has 0 aromatic rings. The van der Waals surface area contributed by atoms with Gasteiger partial charge in [0.05, 0.1) is 30.6 Å². The third-order valence-electron chi connectivity index (χ3n) is 7.83. The van der Waals surface area contributed by atoms with Gasteiger partial charge in [0.25, 0.3) is 0 Å². The van der Waals surface area contributed by atoms with Crippen molar-refractivity contribution >= 4 is 17.7 Å². The van der Waals surface area contributed by atoms with Gasteiger partial charge >= 0.3 is 0 Å². The summed E-state index contributed by atoms with van der Waals surface area (Å²) in [7, 11) is 1.70. The van der Waals surface area contributed by atoms with E-state index in [0.717, 1.165) is 12.8 Å². The highest BCUT2D eigenvalue weighted by atomic mass is 16.5. The van der Waals surface area contributed by atoms with Crippen LogP contribution in [-0.2, 0) is 19.1 Å².